The SMILES string of the molecule is C=C(C)C(=O)NCCCCS(=O)(=O)O. The Balaban J connectivity index is 3.49. The summed E-state index contributed by atoms with van der Waals surface area (Å²) in [5, 5.41) is 2.55. The number of hydrogen-bond acceptors (Lipinski definition) is 3. The smallest absolute Gasteiger partial charge is 0.264 e. The quantitative estimate of drug-likeness (QED) is 0.385. The van der Waals surface area contributed by atoms with Crippen LogP contribution in [0.1, 0.15) is 19.8 Å². The molecule has 0 aromatic carbocycles. The fourth-order valence-corrected chi connectivity index (χ4v) is 1.33. The van der Waals surface area contributed by atoms with E-state index in [2.05, 4.69) is 11.9 Å². The third-order valence-corrected chi connectivity index (χ3v) is 2.31. The van der Waals surface area contributed by atoms with E-state index in [1.807, 2.05) is 0 Å². The van der Waals surface area contributed by atoms with E-state index in [0.29, 0.717) is 25.0 Å². The fraction of sp³-hybridized carbons (Fsp3) is 0.625. The van der Waals surface area contributed by atoms with Gasteiger partial charge in [0.05, 0.1) is 5.75 Å². The minimum atomic E-state index is -3.87. The van der Waals surface area contributed by atoms with Gasteiger partial charge in [-0.1, -0.05) is 6.58 Å². The lowest BCUT2D eigenvalue weighted by Gasteiger charge is -2.03. The van der Waals surface area contributed by atoms with Gasteiger partial charge in [0, 0.05) is 12.1 Å². The lowest BCUT2D eigenvalue weighted by molar-refractivity contribution is -0.117. The van der Waals surface area contributed by atoms with E-state index in [9.17, 15) is 13.2 Å². The molecule has 0 radical (unpaired) electrons. The summed E-state index contributed by atoms with van der Waals surface area (Å²) in [5.74, 6) is -0.507. The Bertz CT molecular complexity index is 307. The van der Waals surface area contributed by atoms with Gasteiger partial charge < -0.3 is 5.32 Å². The Morgan fingerprint density at radius 1 is 1.43 bits per heavy atom. The highest BCUT2D eigenvalue weighted by molar-refractivity contribution is 7.85. The van der Waals surface area contributed by atoms with E-state index >= 15 is 0 Å². The maximum Gasteiger partial charge on any atom is 0.264 e. The summed E-state index contributed by atoms with van der Waals surface area (Å²) in [6.45, 7) is 5.43. The zero-order chi connectivity index (χ0) is 11.2. The van der Waals surface area contributed by atoms with E-state index in [1.165, 1.54) is 0 Å². The third kappa shape index (κ3) is 7.75. The van der Waals surface area contributed by atoms with Crippen molar-refractivity contribution in [3.8, 4) is 0 Å². The predicted molar refractivity (Wildman–Crippen MR) is 53.5 cm³/mol. The van der Waals surface area contributed by atoms with Crippen LogP contribution in [0.25, 0.3) is 0 Å². The molecule has 0 saturated carbocycles. The molecule has 0 aliphatic rings. The van der Waals surface area contributed by atoms with Crippen molar-refractivity contribution in [2.75, 3.05) is 12.3 Å². The molecule has 0 bridgehead atoms. The maximum absolute atomic E-state index is 10.9. The summed E-state index contributed by atoms with van der Waals surface area (Å²) in [6, 6.07) is 0. The Morgan fingerprint density at radius 3 is 2.43 bits per heavy atom. The highest BCUT2D eigenvalue weighted by Crippen LogP contribution is 1.93. The summed E-state index contributed by atoms with van der Waals surface area (Å²) < 4.78 is 29.0. The number of unbranched alkanes of at least 4 members (excludes halogenated alkanes) is 1. The maximum atomic E-state index is 10.9. The number of carbonyl (C=O) groups excluding carboxylic acids is 1. The fourth-order valence-electron chi connectivity index (χ4n) is 0.762. The van der Waals surface area contributed by atoms with Crippen molar-refractivity contribution in [2.24, 2.45) is 0 Å². The van der Waals surface area contributed by atoms with Crippen LogP contribution in [-0.2, 0) is 14.9 Å². The second-order valence-electron chi connectivity index (χ2n) is 3.03. The van der Waals surface area contributed by atoms with Crippen LogP contribution in [0.15, 0.2) is 12.2 Å². The predicted octanol–water partition coefficient (Wildman–Crippen LogP) is 0.347. The Morgan fingerprint density at radius 2 is 2.00 bits per heavy atom. The molecular weight excluding hydrogens is 206 g/mol. The Labute approximate surface area is 83.9 Å². The lowest BCUT2D eigenvalue weighted by atomic mass is 10.3. The minimum absolute atomic E-state index is 0.239. The first-order chi connectivity index (χ1) is 6.33. The second-order valence-corrected chi connectivity index (χ2v) is 4.60. The van der Waals surface area contributed by atoms with E-state index in [0.717, 1.165) is 0 Å². The van der Waals surface area contributed by atoms with Crippen LogP contribution in [0.5, 0.6) is 0 Å². The lowest BCUT2D eigenvalue weighted by Crippen LogP contribution is -2.25. The number of carbonyl (C=O) groups is 1. The van der Waals surface area contributed by atoms with E-state index in [1.54, 1.807) is 6.92 Å². The molecule has 1 amide bonds. The van der Waals surface area contributed by atoms with Crippen molar-refractivity contribution >= 4 is 16.0 Å². The van der Waals surface area contributed by atoms with Gasteiger partial charge in [0.25, 0.3) is 10.1 Å². The second kappa shape index (κ2) is 5.77. The van der Waals surface area contributed by atoms with Crippen molar-refractivity contribution in [2.45, 2.75) is 19.8 Å². The molecule has 0 rings (SSSR count). The molecule has 0 spiro atoms. The topological polar surface area (TPSA) is 83.5 Å². The number of hydrogen-bond donors (Lipinski definition) is 2. The summed E-state index contributed by atoms with van der Waals surface area (Å²) >= 11 is 0. The summed E-state index contributed by atoms with van der Waals surface area (Å²) in [6.07, 6.45) is 0.841. The molecule has 14 heavy (non-hydrogen) atoms. The van der Waals surface area contributed by atoms with Gasteiger partial charge in [-0.05, 0) is 19.8 Å². The minimum Gasteiger partial charge on any atom is -0.352 e. The van der Waals surface area contributed by atoms with Gasteiger partial charge >= 0.3 is 0 Å². The average Bonchev–Trinajstić information content (AvgIpc) is 2.01. The van der Waals surface area contributed by atoms with E-state index < -0.39 is 10.1 Å². The standard InChI is InChI=1S/C8H15NO4S/c1-7(2)8(10)9-5-3-4-6-14(11,12)13/h1,3-6H2,2H3,(H,9,10)(H,11,12,13). The van der Waals surface area contributed by atoms with Crippen molar-refractivity contribution in [3.05, 3.63) is 12.2 Å². The highest BCUT2D eigenvalue weighted by Gasteiger charge is 2.04. The van der Waals surface area contributed by atoms with Gasteiger partial charge in [-0.15, -0.1) is 0 Å². The van der Waals surface area contributed by atoms with Crippen molar-refractivity contribution in [3.63, 3.8) is 0 Å². The molecule has 0 aromatic heterocycles. The van der Waals surface area contributed by atoms with Crippen LogP contribution in [0.4, 0.5) is 0 Å². The molecular formula is C8H15NO4S. The molecule has 0 unspecified atom stereocenters. The number of nitrogens with one attached hydrogen (secondary N) is 1. The van der Waals surface area contributed by atoms with Gasteiger partial charge in [0.1, 0.15) is 0 Å². The molecule has 0 fully saturated rings. The number of amides is 1. The molecule has 5 nitrogen and oxygen atoms in total. The molecule has 6 heteroatoms. The van der Waals surface area contributed by atoms with Crippen LogP contribution in [0.2, 0.25) is 0 Å². The van der Waals surface area contributed by atoms with Crippen LogP contribution < -0.4 is 5.32 Å². The van der Waals surface area contributed by atoms with Gasteiger partial charge in [-0.25, -0.2) is 0 Å². The van der Waals surface area contributed by atoms with E-state index in [-0.39, 0.29) is 11.7 Å². The molecule has 0 saturated heterocycles. The van der Waals surface area contributed by atoms with Crippen LogP contribution >= 0.6 is 0 Å². The van der Waals surface area contributed by atoms with Crippen molar-refractivity contribution < 1.29 is 17.8 Å². The molecule has 82 valence electrons. The Hall–Kier alpha value is -0.880. The largest absolute Gasteiger partial charge is 0.352 e. The van der Waals surface area contributed by atoms with Crippen molar-refractivity contribution in [1.29, 1.82) is 0 Å². The molecule has 2 N–H and O–H groups in total. The van der Waals surface area contributed by atoms with Gasteiger partial charge in [0.2, 0.25) is 5.91 Å². The molecule has 0 atom stereocenters. The van der Waals surface area contributed by atoms with Crippen LogP contribution in [0, 0.1) is 0 Å². The first-order valence-electron chi connectivity index (χ1n) is 4.22. The van der Waals surface area contributed by atoms with Crippen molar-refractivity contribution in [1.82, 2.24) is 5.32 Å². The first kappa shape index (κ1) is 13.1. The van der Waals surface area contributed by atoms with E-state index in [4.69, 9.17) is 4.55 Å². The van der Waals surface area contributed by atoms with Gasteiger partial charge in [-0.2, -0.15) is 8.42 Å². The van der Waals surface area contributed by atoms with Crippen LogP contribution in [0.3, 0.4) is 0 Å². The zero-order valence-corrected chi connectivity index (χ0v) is 8.93. The molecule has 0 aromatic rings. The summed E-state index contributed by atoms with van der Waals surface area (Å²) in [7, 11) is -3.87. The van der Waals surface area contributed by atoms with Crippen LogP contribution in [-0.4, -0.2) is 31.2 Å². The summed E-state index contributed by atoms with van der Waals surface area (Å²) in [4.78, 5) is 10.9. The first-order valence-corrected chi connectivity index (χ1v) is 5.82. The molecule has 0 heterocycles. The highest BCUT2D eigenvalue weighted by atomic mass is 32.2. The molecule has 0 aliphatic heterocycles. The molecule has 0 aliphatic carbocycles. The zero-order valence-electron chi connectivity index (χ0n) is 8.12. The monoisotopic (exact) mass is 221 g/mol. The summed E-state index contributed by atoms with van der Waals surface area (Å²) in [5.41, 5.74) is 0.416. The average molecular weight is 221 g/mol. The van der Waals surface area contributed by atoms with Gasteiger partial charge in [0.15, 0.2) is 0 Å². The number of rotatable bonds is 6. The van der Waals surface area contributed by atoms with Gasteiger partial charge in [-0.3, -0.25) is 9.35 Å². The normalized spacial score (nSPS) is 11.0. The third-order valence-electron chi connectivity index (χ3n) is 1.50. The Kier molecular flexibility index (Phi) is 5.40.